The van der Waals surface area contributed by atoms with Crippen molar-refractivity contribution in [3.05, 3.63) is 33.3 Å². The van der Waals surface area contributed by atoms with Crippen LogP contribution in [0.1, 0.15) is 5.56 Å². The van der Waals surface area contributed by atoms with E-state index in [-0.39, 0.29) is 6.61 Å². The summed E-state index contributed by atoms with van der Waals surface area (Å²) in [6, 6.07) is 5.09. The van der Waals surface area contributed by atoms with Crippen LogP contribution in [0.3, 0.4) is 0 Å². The Morgan fingerprint density at radius 2 is 2.14 bits per heavy atom. The quantitative estimate of drug-likeness (QED) is 0.806. The minimum atomic E-state index is -3.42. The fraction of sp³-hybridized carbons (Fsp3) is 0.250. The van der Waals surface area contributed by atoms with Crippen molar-refractivity contribution in [1.82, 2.24) is 0 Å². The lowest BCUT2D eigenvalue weighted by atomic mass is 10.2. The van der Waals surface area contributed by atoms with Gasteiger partial charge in [0.2, 0.25) is 0 Å². The SMILES string of the molecule is CS(=O)(=O)OCc1cc(Cl)ccc1Br. The number of rotatable bonds is 3. The molecule has 0 aliphatic rings. The molecule has 1 aromatic rings. The molecule has 0 radical (unpaired) electrons. The normalized spacial score (nSPS) is 11.6. The first kappa shape index (κ1) is 12.0. The molecule has 0 N–H and O–H groups in total. The molecule has 0 aliphatic carbocycles. The molecule has 0 bridgehead atoms. The highest BCUT2D eigenvalue weighted by atomic mass is 79.9. The molecule has 0 fully saturated rings. The van der Waals surface area contributed by atoms with Crippen LogP contribution in [0, 0.1) is 0 Å². The molecule has 0 unspecified atom stereocenters. The zero-order valence-corrected chi connectivity index (χ0v) is 10.5. The second-order valence-electron chi connectivity index (χ2n) is 2.70. The standard InChI is InChI=1S/C8H8BrClO3S/c1-14(11,12)13-5-6-4-7(10)2-3-8(6)9/h2-4H,5H2,1H3. The maximum absolute atomic E-state index is 10.7. The minimum absolute atomic E-state index is 0.0139. The summed E-state index contributed by atoms with van der Waals surface area (Å²) in [4.78, 5) is 0. The molecule has 0 atom stereocenters. The Labute approximate surface area is 96.3 Å². The predicted molar refractivity (Wildman–Crippen MR) is 58.8 cm³/mol. The molecule has 3 nitrogen and oxygen atoms in total. The maximum Gasteiger partial charge on any atom is 0.264 e. The van der Waals surface area contributed by atoms with Gasteiger partial charge < -0.3 is 0 Å². The third-order valence-corrected chi connectivity index (χ3v) is 2.99. The maximum atomic E-state index is 10.7. The van der Waals surface area contributed by atoms with E-state index in [9.17, 15) is 8.42 Å². The lowest BCUT2D eigenvalue weighted by molar-refractivity contribution is 0.311. The van der Waals surface area contributed by atoms with Crippen molar-refractivity contribution in [1.29, 1.82) is 0 Å². The Bertz CT molecular complexity index is 430. The van der Waals surface area contributed by atoms with Gasteiger partial charge in [0.1, 0.15) is 0 Å². The molecule has 78 valence electrons. The Balaban J connectivity index is 2.81. The van der Waals surface area contributed by atoms with Gasteiger partial charge in [0.15, 0.2) is 0 Å². The third-order valence-electron chi connectivity index (χ3n) is 1.44. The van der Waals surface area contributed by atoms with Crippen molar-refractivity contribution in [2.45, 2.75) is 6.61 Å². The van der Waals surface area contributed by atoms with Crippen molar-refractivity contribution in [3.63, 3.8) is 0 Å². The summed E-state index contributed by atoms with van der Waals surface area (Å²) in [5, 5.41) is 0.542. The number of halogens is 2. The van der Waals surface area contributed by atoms with Gasteiger partial charge in [-0.15, -0.1) is 0 Å². The van der Waals surface area contributed by atoms with Crippen LogP contribution in [0.2, 0.25) is 5.02 Å². The van der Waals surface area contributed by atoms with Gasteiger partial charge in [-0.3, -0.25) is 4.18 Å². The van der Waals surface area contributed by atoms with E-state index in [4.69, 9.17) is 11.6 Å². The highest BCUT2D eigenvalue weighted by molar-refractivity contribution is 9.10. The second kappa shape index (κ2) is 4.61. The third kappa shape index (κ3) is 3.96. The van der Waals surface area contributed by atoms with Crippen molar-refractivity contribution in [2.24, 2.45) is 0 Å². The van der Waals surface area contributed by atoms with E-state index in [2.05, 4.69) is 20.1 Å². The van der Waals surface area contributed by atoms with Gasteiger partial charge in [-0.25, -0.2) is 0 Å². The summed E-state index contributed by atoms with van der Waals surface area (Å²) < 4.78 is 26.9. The summed E-state index contributed by atoms with van der Waals surface area (Å²) in [7, 11) is -3.42. The van der Waals surface area contributed by atoms with Gasteiger partial charge >= 0.3 is 0 Å². The molecule has 0 saturated heterocycles. The van der Waals surface area contributed by atoms with Crippen molar-refractivity contribution in [3.8, 4) is 0 Å². The van der Waals surface area contributed by atoms with Crippen LogP contribution in [0.5, 0.6) is 0 Å². The van der Waals surface area contributed by atoms with E-state index < -0.39 is 10.1 Å². The first-order chi connectivity index (χ1) is 6.38. The Hall–Kier alpha value is -0.100. The highest BCUT2D eigenvalue weighted by Crippen LogP contribution is 2.22. The van der Waals surface area contributed by atoms with Crippen LogP contribution in [0.4, 0.5) is 0 Å². The van der Waals surface area contributed by atoms with Crippen LogP contribution in [-0.4, -0.2) is 14.7 Å². The van der Waals surface area contributed by atoms with Crippen LogP contribution in [0.15, 0.2) is 22.7 Å². The van der Waals surface area contributed by atoms with Gasteiger partial charge in [0.05, 0.1) is 12.9 Å². The average Bonchev–Trinajstić information content (AvgIpc) is 2.05. The molecule has 0 aromatic heterocycles. The number of benzene rings is 1. The first-order valence-electron chi connectivity index (χ1n) is 3.67. The second-order valence-corrected chi connectivity index (χ2v) is 5.64. The van der Waals surface area contributed by atoms with Gasteiger partial charge in [-0.2, -0.15) is 8.42 Å². The van der Waals surface area contributed by atoms with Crippen LogP contribution < -0.4 is 0 Å². The Morgan fingerprint density at radius 3 is 2.71 bits per heavy atom. The zero-order chi connectivity index (χ0) is 10.8. The summed E-state index contributed by atoms with van der Waals surface area (Å²) in [5.41, 5.74) is 0.697. The first-order valence-corrected chi connectivity index (χ1v) is 6.65. The minimum Gasteiger partial charge on any atom is -0.265 e. The van der Waals surface area contributed by atoms with Crippen LogP contribution in [0.25, 0.3) is 0 Å². The molecule has 0 saturated carbocycles. The molecular formula is C8H8BrClO3S. The fourth-order valence-electron chi connectivity index (χ4n) is 0.824. The average molecular weight is 300 g/mol. The van der Waals surface area contributed by atoms with Gasteiger partial charge in [-0.05, 0) is 23.8 Å². The summed E-state index contributed by atoms with van der Waals surface area (Å²) in [6.07, 6.45) is 1.01. The van der Waals surface area contributed by atoms with E-state index in [0.29, 0.717) is 10.6 Å². The van der Waals surface area contributed by atoms with Crippen LogP contribution in [-0.2, 0) is 20.9 Å². The predicted octanol–water partition coefficient (Wildman–Crippen LogP) is 2.58. The molecule has 0 amide bonds. The van der Waals surface area contributed by atoms with Crippen molar-refractivity contribution < 1.29 is 12.6 Å². The molecule has 14 heavy (non-hydrogen) atoms. The molecule has 0 aliphatic heterocycles. The molecule has 0 heterocycles. The van der Waals surface area contributed by atoms with Crippen LogP contribution >= 0.6 is 27.5 Å². The summed E-state index contributed by atoms with van der Waals surface area (Å²) in [6.45, 7) is -0.0139. The van der Waals surface area contributed by atoms with Crippen molar-refractivity contribution >= 4 is 37.6 Å². The van der Waals surface area contributed by atoms with Gasteiger partial charge in [0.25, 0.3) is 10.1 Å². The van der Waals surface area contributed by atoms with Crippen molar-refractivity contribution in [2.75, 3.05) is 6.26 Å². The zero-order valence-electron chi connectivity index (χ0n) is 7.33. The Morgan fingerprint density at radius 1 is 1.50 bits per heavy atom. The molecular weight excluding hydrogens is 292 g/mol. The largest absolute Gasteiger partial charge is 0.265 e. The summed E-state index contributed by atoms with van der Waals surface area (Å²) in [5.74, 6) is 0. The molecule has 0 spiro atoms. The lowest BCUT2D eigenvalue weighted by Gasteiger charge is -2.04. The topological polar surface area (TPSA) is 43.4 Å². The number of hydrogen-bond donors (Lipinski definition) is 0. The van der Waals surface area contributed by atoms with E-state index >= 15 is 0 Å². The Kier molecular flexibility index (Phi) is 3.94. The summed E-state index contributed by atoms with van der Waals surface area (Å²) >= 11 is 9.01. The van der Waals surface area contributed by atoms with Gasteiger partial charge in [-0.1, -0.05) is 27.5 Å². The molecule has 1 rings (SSSR count). The van der Waals surface area contributed by atoms with E-state index in [1.807, 2.05) is 0 Å². The fourth-order valence-corrected chi connectivity index (χ4v) is 1.72. The smallest absolute Gasteiger partial charge is 0.264 e. The number of hydrogen-bond acceptors (Lipinski definition) is 3. The monoisotopic (exact) mass is 298 g/mol. The highest BCUT2D eigenvalue weighted by Gasteiger charge is 2.06. The van der Waals surface area contributed by atoms with E-state index in [1.165, 1.54) is 0 Å². The van der Waals surface area contributed by atoms with E-state index in [0.717, 1.165) is 10.7 Å². The van der Waals surface area contributed by atoms with Gasteiger partial charge in [0, 0.05) is 9.50 Å². The lowest BCUT2D eigenvalue weighted by Crippen LogP contribution is -2.03. The molecule has 1 aromatic carbocycles. The molecule has 6 heteroatoms. The van der Waals surface area contributed by atoms with E-state index in [1.54, 1.807) is 18.2 Å².